The summed E-state index contributed by atoms with van der Waals surface area (Å²) in [6.07, 6.45) is 4.32. The number of nitrogens with zero attached hydrogens (tertiary/aromatic N) is 4. The van der Waals surface area contributed by atoms with E-state index in [1.807, 2.05) is 12.1 Å². The number of aromatic nitrogens is 4. The van der Waals surface area contributed by atoms with Crippen LogP contribution in [0.25, 0.3) is 5.65 Å². The fourth-order valence-electron chi connectivity index (χ4n) is 1.95. The Hall–Kier alpha value is -2.15. The second kappa shape index (κ2) is 5.46. The van der Waals surface area contributed by atoms with Gasteiger partial charge >= 0.3 is 0 Å². The van der Waals surface area contributed by atoms with Gasteiger partial charge in [0.15, 0.2) is 5.82 Å². The maximum absolute atomic E-state index is 5.71. The molecule has 102 valence electrons. The summed E-state index contributed by atoms with van der Waals surface area (Å²) in [7, 11) is 0. The average Bonchev–Trinajstić information content (AvgIpc) is 2.84. The minimum Gasteiger partial charge on any atom is -0.368 e. The number of benzene rings is 1. The molecule has 0 spiro atoms. The largest absolute Gasteiger partial charge is 0.368 e. The van der Waals surface area contributed by atoms with E-state index in [1.165, 1.54) is 5.56 Å². The number of hydrogen-bond acceptors (Lipinski definition) is 5. The highest BCUT2D eigenvalue weighted by molar-refractivity contribution is 9.10. The van der Waals surface area contributed by atoms with Crippen molar-refractivity contribution in [3.8, 4) is 0 Å². The Labute approximate surface area is 124 Å². The maximum atomic E-state index is 5.71. The molecule has 0 radical (unpaired) electrons. The molecule has 2 heterocycles. The van der Waals surface area contributed by atoms with Crippen LogP contribution in [0.3, 0.4) is 0 Å². The van der Waals surface area contributed by atoms with E-state index in [0.29, 0.717) is 17.4 Å². The van der Waals surface area contributed by atoms with Crippen molar-refractivity contribution in [2.75, 3.05) is 17.6 Å². The van der Waals surface area contributed by atoms with Crippen LogP contribution >= 0.6 is 15.9 Å². The summed E-state index contributed by atoms with van der Waals surface area (Å²) in [5.41, 5.74) is 7.61. The van der Waals surface area contributed by atoms with Crippen LogP contribution in [0.5, 0.6) is 0 Å². The molecular weight excluding hydrogens is 320 g/mol. The SMILES string of the molecule is Nc1nnc2c(NCCc3ccc(Br)cc3)nccn12. The zero-order chi connectivity index (χ0) is 13.9. The van der Waals surface area contributed by atoms with Crippen molar-refractivity contribution in [3.05, 3.63) is 46.7 Å². The standard InChI is InChI=1S/C13H13BrN6/c14-10-3-1-9(2-4-10)5-6-16-11-12-18-19-13(15)20(12)8-7-17-11/h1-4,7-8H,5-6H2,(H2,15,19)(H,16,17). The van der Waals surface area contributed by atoms with Crippen molar-refractivity contribution in [3.63, 3.8) is 0 Å². The molecular formula is C13H13BrN6. The summed E-state index contributed by atoms with van der Waals surface area (Å²) in [5, 5.41) is 11.1. The number of fused-ring (bicyclic) bond motifs is 1. The highest BCUT2D eigenvalue weighted by Crippen LogP contribution is 2.14. The van der Waals surface area contributed by atoms with Gasteiger partial charge in [-0.15, -0.1) is 10.2 Å². The number of nitrogens with one attached hydrogen (secondary N) is 1. The van der Waals surface area contributed by atoms with Crippen LogP contribution in [0.2, 0.25) is 0 Å². The first-order chi connectivity index (χ1) is 9.74. The molecule has 0 saturated heterocycles. The Morgan fingerprint density at radius 1 is 1.20 bits per heavy atom. The quantitative estimate of drug-likeness (QED) is 0.764. The van der Waals surface area contributed by atoms with Crippen LogP contribution in [0, 0.1) is 0 Å². The average molecular weight is 333 g/mol. The second-order valence-electron chi connectivity index (χ2n) is 4.33. The van der Waals surface area contributed by atoms with E-state index in [9.17, 15) is 0 Å². The van der Waals surface area contributed by atoms with Gasteiger partial charge in [0.25, 0.3) is 0 Å². The van der Waals surface area contributed by atoms with Crippen molar-refractivity contribution in [1.29, 1.82) is 0 Å². The smallest absolute Gasteiger partial charge is 0.226 e. The van der Waals surface area contributed by atoms with Crippen LogP contribution in [0.15, 0.2) is 41.1 Å². The predicted molar refractivity (Wildman–Crippen MR) is 81.5 cm³/mol. The Bertz CT molecular complexity index is 721. The van der Waals surface area contributed by atoms with Crippen molar-refractivity contribution in [2.24, 2.45) is 0 Å². The second-order valence-corrected chi connectivity index (χ2v) is 5.25. The van der Waals surface area contributed by atoms with Crippen LogP contribution < -0.4 is 11.1 Å². The molecule has 2 aromatic heterocycles. The van der Waals surface area contributed by atoms with Crippen molar-refractivity contribution in [1.82, 2.24) is 19.6 Å². The number of rotatable bonds is 4. The fourth-order valence-corrected chi connectivity index (χ4v) is 2.21. The van der Waals surface area contributed by atoms with Gasteiger partial charge in [-0.2, -0.15) is 0 Å². The Morgan fingerprint density at radius 3 is 2.80 bits per heavy atom. The van der Waals surface area contributed by atoms with E-state index in [-0.39, 0.29) is 0 Å². The van der Waals surface area contributed by atoms with E-state index in [2.05, 4.69) is 48.6 Å². The van der Waals surface area contributed by atoms with Crippen LogP contribution in [0.4, 0.5) is 11.8 Å². The lowest BCUT2D eigenvalue weighted by molar-refractivity contribution is 0.997. The normalized spacial score (nSPS) is 10.8. The summed E-state index contributed by atoms with van der Waals surface area (Å²) in [4.78, 5) is 4.27. The molecule has 0 aliphatic carbocycles. The number of hydrogen-bond donors (Lipinski definition) is 2. The third-order valence-electron chi connectivity index (χ3n) is 2.97. The van der Waals surface area contributed by atoms with E-state index in [4.69, 9.17) is 5.73 Å². The van der Waals surface area contributed by atoms with Gasteiger partial charge in [-0.05, 0) is 24.1 Å². The molecule has 3 N–H and O–H groups in total. The summed E-state index contributed by atoms with van der Waals surface area (Å²) in [5.74, 6) is 1.05. The predicted octanol–water partition coefficient (Wildman–Crippen LogP) is 2.12. The third-order valence-corrected chi connectivity index (χ3v) is 3.50. The molecule has 0 saturated carbocycles. The van der Waals surface area contributed by atoms with Gasteiger partial charge in [-0.3, -0.25) is 4.40 Å². The number of nitrogen functional groups attached to an aromatic ring is 1. The van der Waals surface area contributed by atoms with Crippen molar-refractivity contribution >= 4 is 33.3 Å². The summed E-state index contributed by atoms with van der Waals surface area (Å²) < 4.78 is 2.79. The molecule has 1 aromatic carbocycles. The lowest BCUT2D eigenvalue weighted by Crippen LogP contribution is -2.08. The zero-order valence-electron chi connectivity index (χ0n) is 10.6. The molecule has 3 aromatic rings. The first kappa shape index (κ1) is 12.9. The molecule has 0 bridgehead atoms. The van der Waals surface area contributed by atoms with Crippen LogP contribution in [-0.2, 0) is 6.42 Å². The Morgan fingerprint density at radius 2 is 2.00 bits per heavy atom. The summed E-state index contributed by atoms with van der Waals surface area (Å²) in [6, 6.07) is 8.25. The number of nitrogens with two attached hydrogens (primary N) is 1. The molecule has 0 atom stereocenters. The molecule has 0 amide bonds. The molecule has 0 aliphatic heterocycles. The molecule has 0 unspecified atom stereocenters. The fraction of sp³-hybridized carbons (Fsp3) is 0.154. The molecule has 3 rings (SSSR count). The van der Waals surface area contributed by atoms with Gasteiger partial charge < -0.3 is 11.1 Å². The van der Waals surface area contributed by atoms with Crippen molar-refractivity contribution < 1.29 is 0 Å². The Kier molecular flexibility index (Phi) is 3.51. The number of halogens is 1. The zero-order valence-corrected chi connectivity index (χ0v) is 12.2. The molecule has 7 heteroatoms. The van der Waals surface area contributed by atoms with E-state index >= 15 is 0 Å². The topological polar surface area (TPSA) is 81.1 Å². The molecule has 6 nitrogen and oxygen atoms in total. The summed E-state index contributed by atoms with van der Waals surface area (Å²) >= 11 is 3.42. The van der Waals surface area contributed by atoms with Gasteiger partial charge in [-0.25, -0.2) is 4.98 Å². The van der Waals surface area contributed by atoms with Gasteiger partial charge in [0.05, 0.1) is 0 Å². The lowest BCUT2D eigenvalue weighted by Gasteiger charge is -2.06. The van der Waals surface area contributed by atoms with Gasteiger partial charge in [-0.1, -0.05) is 28.1 Å². The highest BCUT2D eigenvalue weighted by Gasteiger charge is 2.07. The monoisotopic (exact) mass is 332 g/mol. The van der Waals surface area contributed by atoms with Gasteiger partial charge in [0, 0.05) is 23.4 Å². The number of anilines is 2. The van der Waals surface area contributed by atoms with Gasteiger partial charge in [0.2, 0.25) is 11.6 Å². The third kappa shape index (κ3) is 2.57. The first-order valence-corrected chi connectivity index (χ1v) is 6.97. The lowest BCUT2D eigenvalue weighted by atomic mass is 10.1. The van der Waals surface area contributed by atoms with E-state index in [1.54, 1.807) is 16.8 Å². The van der Waals surface area contributed by atoms with E-state index < -0.39 is 0 Å². The minimum atomic E-state index is 0.360. The van der Waals surface area contributed by atoms with Crippen molar-refractivity contribution in [2.45, 2.75) is 6.42 Å². The van der Waals surface area contributed by atoms with E-state index in [0.717, 1.165) is 17.4 Å². The van der Waals surface area contributed by atoms with Crippen LogP contribution in [-0.4, -0.2) is 26.1 Å². The van der Waals surface area contributed by atoms with Gasteiger partial charge in [0.1, 0.15) is 0 Å². The molecule has 0 aliphatic rings. The maximum Gasteiger partial charge on any atom is 0.226 e. The first-order valence-electron chi connectivity index (χ1n) is 6.17. The minimum absolute atomic E-state index is 0.360. The highest BCUT2D eigenvalue weighted by atomic mass is 79.9. The van der Waals surface area contributed by atoms with Crippen LogP contribution in [0.1, 0.15) is 5.56 Å². The summed E-state index contributed by atoms with van der Waals surface area (Å²) in [6.45, 7) is 0.765. The molecule has 20 heavy (non-hydrogen) atoms. The molecule has 0 fully saturated rings. The Balaban J connectivity index is 1.69.